The SMILES string of the molecule is CN[C@@H](C)C(=O)N[C@H](C(=O)N1CCCC12CC2N(CCc1ccccc1)C(=O)[C@H](N)Cc1cccc2ccccc12)C(C)(C)C. The van der Waals surface area contributed by atoms with Gasteiger partial charge in [-0.15, -0.1) is 0 Å². The van der Waals surface area contributed by atoms with E-state index < -0.39 is 29.1 Å². The van der Waals surface area contributed by atoms with E-state index in [2.05, 4.69) is 47.0 Å². The van der Waals surface area contributed by atoms with E-state index >= 15 is 0 Å². The van der Waals surface area contributed by atoms with E-state index in [0.717, 1.165) is 41.2 Å². The molecule has 240 valence electrons. The predicted octanol–water partition coefficient (Wildman–Crippen LogP) is 4.05. The molecule has 1 aliphatic heterocycles. The Kier molecular flexibility index (Phi) is 9.65. The van der Waals surface area contributed by atoms with Crippen LogP contribution in [0.5, 0.6) is 0 Å². The molecule has 2 fully saturated rings. The van der Waals surface area contributed by atoms with Crippen LogP contribution >= 0.6 is 0 Å². The van der Waals surface area contributed by atoms with Crippen LogP contribution in [0.3, 0.4) is 0 Å². The summed E-state index contributed by atoms with van der Waals surface area (Å²) in [5.74, 6) is -0.358. The van der Waals surface area contributed by atoms with Gasteiger partial charge in [-0.1, -0.05) is 93.6 Å². The number of nitrogens with two attached hydrogens (primary N) is 1. The third kappa shape index (κ3) is 6.92. The standard InChI is InChI=1S/C37H49N5O3/c1-25(39-5)33(43)40-32(36(2,3)4)35(45)42-21-12-20-37(42)24-31(37)41(22-19-26-13-7-6-8-14-26)34(44)30(38)23-28-17-11-16-27-15-9-10-18-29(27)28/h6-11,13-18,25,30-32,39H,12,19-24,38H2,1-5H3,(H,40,43)/t25-,30+,31?,32+,37?/m0/s1. The van der Waals surface area contributed by atoms with E-state index in [0.29, 0.717) is 25.9 Å². The fourth-order valence-corrected chi connectivity index (χ4v) is 6.99. The van der Waals surface area contributed by atoms with Crippen molar-refractivity contribution >= 4 is 28.5 Å². The van der Waals surface area contributed by atoms with Crippen LogP contribution in [-0.2, 0) is 27.2 Å². The molecular formula is C37H49N5O3. The molecule has 8 nitrogen and oxygen atoms in total. The number of rotatable bonds is 11. The summed E-state index contributed by atoms with van der Waals surface area (Å²) in [6.07, 6.45) is 3.55. The fraction of sp³-hybridized carbons (Fsp3) is 0.486. The number of benzene rings is 3. The first-order valence-corrected chi connectivity index (χ1v) is 16.3. The molecule has 0 aromatic heterocycles. The Morgan fingerprint density at radius 2 is 1.71 bits per heavy atom. The number of nitrogens with zero attached hydrogens (tertiary/aromatic N) is 2. The highest BCUT2D eigenvalue weighted by Crippen LogP contribution is 2.53. The second-order valence-electron chi connectivity index (χ2n) is 14.0. The first kappa shape index (κ1) is 32.6. The second kappa shape index (κ2) is 13.3. The number of nitrogens with one attached hydrogen (secondary N) is 2. The minimum Gasteiger partial charge on any atom is -0.342 e. The number of likely N-dealkylation sites (N-methyl/N-ethyl adjacent to an activating group) is 1. The summed E-state index contributed by atoms with van der Waals surface area (Å²) in [4.78, 5) is 45.4. The van der Waals surface area contributed by atoms with Crippen LogP contribution < -0.4 is 16.4 Å². The van der Waals surface area contributed by atoms with Crippen molar-refractivity contribution in [3.05, 3.63) is 83.9 Å². The van der Waals surface area contributed by atoms with Crippen molar-refractivity contribution in [2.75, 3.05) is 20.1 Å². The molecule has 2 aliphatic rings. The van der Waals surface area contributed by atoms with Crippen LogP contribution in [0.1, 0.15) is 58.1 Å². The molecule has 4 N–H and O–H groups in total. The molecule has 1 heterocycles. The molecule has 1 spiro atoms. The average molecular weight is 612 g/mol. The molecule has 1 saturated carbocycles. The molecule has 5 rings (SSSR count). The van der Waals surface area contributed by atoms with Gasteiger partial charge in [0.15, 0.2) is 0 Å². The van der Waals surface area contributed by atoms with Gasteiger partial charge in [-0.25, -0.2) is 0 Å². The molecule has 3 aromatic carbocycles. The van der Waals surface area contributed by atoms with Gasteiger partial charge in [0.05, 0.1) is 23.7 Å². The molecule has 8 heteroatoms. The Hall–Kier alpha value is -3.75. The van der Waals surface area contributed by atoms with Gasteiger partial charge in [0.1, 0.15) is 6.04 Å². The van der Waals surface area contributed by atoms with Crippen LogP contribution in [0, 0.1) is 5.41 Å². The molecular weight excluding hydrogens is 562 g/mol. The molecule has 3 amide bonds. The van der Waals surface area contributed by atoms with Crippen molar-refractivity contribution in [2.24, 2.45) is 11.1 Å². The Balaban J connectivity index is 1.39. The lowest BCUT2D eigenvalue weighted by molar-refractivity contribution is -0.142. The van der Waals surface area contributed by atoms with E-state index in [4.69, 9.17) is 5.73 Å². The van der Waals surface area contributed by atoms with Crippen molar-refractivity contribution in [1.82, 2.24) is 20.4 Å². The number of hydrogen-bond donors (Lipinski definition) is 3. The molecule has 45 heavy (non-hydrogen) atoms. The molecule has 1 saturated heterocycles. The lowest BCUT2D eigenvalue weighted by Gasteiger charge is -2.38. The topological polar surface area (TPSA) is 108 Å². The molecule has 0 bridgehead atoms. The van der Waals surface area contributed by atoms with Crippen LogP contribution in [0.15, 0.2) is 72.8 Å². The number of amides is 3. The van der Waals surface area contributed by atoms with Gasteiger partial charge in [-0.2, -0.15) is 0 Å². The molecule has 1 aliphatic carbocycles. The summed E-state index contributed by atoms with van der Waals surface area (Å²) in [6.45, 7) is 8.87. The summed E-state index contributed by atoms with van der Waals surface area (Å²) in [6, 6.07) is 22.6. The minimum atomic E-state index is -0.709. The highest BCUT2D eigenvalue weighted by Gasteiger charge is 2.65. The lowest BCUT2D eigenvalue weighted by Crippen LogP contribution is -2.59. The zero-order valence-corrected chi connectivity index (χ0v) is 27.4. The number of hydrogen-bond acceptors (Lipinski definition) is 5. The maximum Gasteiger partial charge on any atom is 0.246 e. The number of fused-ring (bicyclic) bond motifs is 1. The second-order valence-corrected chi connectivity index (χ2v) is 14.0. The summed E-state index contributed by atoms with van der Waals surface area (Å²) >= 11 is 0. The predicted molar refractivity (Wildman–Crippen MR) is 179 cm³/mol. The van der Waals surface area contributed by atoms with Gasteiger partial charge in [0, 0.05) is 13.1 Å². The Morgan fingerprint density at radius 1 is 1.02 bits per heavy atom. The van der Waals surface area contributed by atoms with E-state index in [9.17, 15) is 14.4 Å². The first-order chi connectivity index (χ1) is 21.5. The number of carbonyl (C=O) groups is 3. The van der Waals surface area contributed by atoms with Gasteiger partial charge < -0.3 is 26.2 Å². The van der Waals surface area contributed by atoms with Crippen molar-refractivity contribution in [3.8, 4) is 0 Å². The summed E-state index contributed by atoms with van der Waals surface area (Å²) in [5, 5.41) is 8.23. The van der Waals surface area contributed by atoms with Crippen LogP contribution in [-0.4, -0.2) is 77.4 Å². The van der Waals surface area contributed by atoms with Gasteiger partial charge >= 0.3 is 0 Å². The Morgan fingerprint density at radius 3 is 2.42 bits per heavy atom. The Labute approximate surface area is 267 Å². The molecule has 3 aromatic rings. The van der Waals surface area contributed by atoms with Gasteiger partial charge in [0.2, 0.25) is 17.7 Å². The lowest BCUT2D eigenvalue weighted by atomic mass is 9.85. The van der Waals surface area contributed by atoms with Crippen molar-refractivity contribution < 1.29 is 14.4 Å². The number of carbonyl (C=O) groups excluding carboxylic acids is 3. The van der Waals surface area contributed by atoms with Crippen LogP contribution in [0.4, 0.5) is 0 Å². The van der Waals surface area contributed by atoms with Gasteiger partial charge in [-0.3, -0.25) is 14.4 Å². The molecule has 2 unspecified atom stereocenters. The smallest absolute Gasteiger partial charge is 0.246 e. The van der Waals surface area contributed by atoms with Crippen molar-refractivity contribution in [3.63, 3.8) is 0 Å². The minimum absolute atomic E-state index is 0.0744. The third-order valence-electron chi connectivity index (χ3n) is 9.81. The maximum atomic E-state index is 14.3. The van der Waals surface area contributed by atoms with E-state index in [1.807, 2.05) is 67.0 Å². The van der Waals surface area contributed by atoms with Gasteiger partial charge in [-0.05, 0) is 73.4 Å². The molecule has 5 atom stereocenters. The summed E-state index contributed by atoms with van der Waals surface area (Å²) in [7, 11) is 1.73. The monoisotopic (exact) mass is 611 g/mol. The quantitative estimate of drug-likeness (QED) is 0.303. The number of likely N-dealkylation sites (tertiary alicyclic amines) is 1. The zero-order chi connectivity index (χ0) is 32.4. The van der Waals surface area contributed by atoms with Crippen LogP contribution in [0.25, 0.3) is 10.8 Å². The van der Waals surface area contributed by atoms with Crippen molar-refractivity contribution in [1.29, 1.82) is 0 Å². The van der Waals surface area contributed by atoms with E-state index in [1.165, 1.54) is 0 Å². The molecule has 0 radical (unpaired) electrons. The average Bonchev–Trinajstić information content (AvgIpc) is 3.58. The van der Waals surface area contributed by atoms with E-state index in [-0.39, 0.29) is 23.8 Å². The maximum absolute atomic E-state index is 14.3. The van der Waals surface area contributed by atoms with Gasteiger partial charge in [0.25, 0.3) is 0 Å². The normalized spacial score (nSPS) is 21.4. The highest BCUT2D eigenvalue weighted by atomic mass is 16.2. The first-order valence-electron chi connectivity index (χ1n) is 16.3. The summed E-state index contributed by atoms with van der Waals surface area (Å²) < 4.78 is 0. The largest absolute Gasteiger partial charge is 0.342 e. The Bertz CT molecular complexity index is 1510. The summed E-state index contributed by atoms with van der Waals surface area (Å²) in [5.41, 5.74) is 8.02. The van der Waals surface area contributed by atoms with Crippen molar-refractivity contribution in [2.45, 2.75) is 89.5 Å². The highest BCUT2D eigenvalue weighted by molar-refractivity contribution is 5.92. The van der Waals surface area contributed by atoms with Crippen LogP contribution in [0.2, 0.25) is 0 Å². The fourth-order valence-electron chi connectivity index (χ4n) is 6.99. The third-order valence-corrected chi connectivity index (χ3v) is 9.81. The van der Waals surface area contributed by atoms with E-state index in [1.54, 1.807) is 14.0 Å². The zero-order valence-electron chi connectivity index (χ0n) is 27.4.